The van der Waals surface area contributed by atoms with E-state index in [0.717, 1.165) is 11.4 Å². The quantitative estimate of drug-likeness (QED) is 0.495. The van der Waals surface area contributed by atoms with Crippen LogP contribution >= 0.6 is 17.1 Å². The molecule has 0 fully saturated rings. The van der Waals surface area contributed by atoms with Gasteiger partial charge in [0.2, 0.25) is 5.69 Å². The number of esters is 2. The lowest BCUT2D eigenvalue weighted by molar-refractivity contribution is -0.148. The largest absolute Gasteiger partial charge is 0.468 e. The Kier molecular flexibility index (Phi) is 8.81. The molecule has 18 heavy (non-hydrogen) atoms. The average molecular weight is 316 g/mol. The van der Waals surface area contributed by atoms with Crippen LogP contribution in [-0.2, 0) is 39.9 Å². The van der Waals surface area contributed by atoms with Gasteiger partial charge in [0.1, 0.15) is 5.25 Å². The maximum atomic E-state index is 11.6. The molecule has 6 nitrogen and oxygen atoms in total. The molecule has 1 unspecified atom stereocenters. The maximum absolute atomic E-state index is 11.6. The molecule has 0 amide bonds. The highest BCUT2D eigenvalue weighted by Gasteiger charge is 2.31. The van der Waals surface area contributed by atoms with Crippen LogP contribution in [0.25, 0.3) is 0 Å². The summed E-state index contributed by atoms with van der Waals surface area (Å²) in [5.74, 6) is -1.05. The molecule has 0 spiro atoms. The number of carbonyl (C=O) groups excluding carboxylic acids is 2. The minimum absolute atomic E-state index is 0.129. The second-order valence-corrected chi connectivity index (χ2v) is 9.55. The highest BCUT2D eigenvalue weighted by molar-refractivity contribution is 8.68. The van der Waals surface area contributed by atoms with Gasteiger partial charge in [-0.15, -0.1) is 0 Å². The predicted molar refractivity (Wildman–Crippen MR) is 72.9 cm³/mol. The molecule has 0 saturated carbocycles. The Balaban J connectivity index is 4.74. The summed E-state index contributed by atoms with van der Waals surface area (Å²) in [4.78, 5) is 23.0. The Morgan fingerprint density at radius 2 is 1.83 bits per heavy atom. The molecular weight excluding hydrogens is 299 g/mol. The lowest BCUT2D eigenvalue weighted by Crippen LogP contribution is -2.23. The van der Waals surface area contributed by atoms with Crippen LogP contribution in [-0.4, -0.2) is 45.1 Å². The number of carbonyl (C=O) groups is 2. The zero-order valence-corrected chi connectivity index (χ0v) is 13.2. The smallest absolute Gasteiger partial charge is 0.319 e. The van der Waals surface area contributed by atoms with E-state index in [4.69, 9.17) is 25.6 Å². The Labute approximate surface area is 116 Å². The van der Waals surface area contributed by atoms with Crippen molar-refractivity contribution in [3.05, 3.63) is 0 Å². The van der Waals surface area contributed by atoms with Crippen molar-refractivity contribution in [3.8, 4) is 0 Å². The summed E-state index contributed by atoms with van der Waals surface area (Å²) in [7, 11) is 4.04. The fourth-order valence-electron chi connectivity index (χ4n) is 0.983. The van der Waals surface area contributed by atoms with E-state index in [-0.39, 0.29) is 13.0 Å². The summed E-state index contributed by atoms with van der Waals surface area (Å²) in [6.45, 7) is 1.94. The summed E-state index contributed by atoms with van der Waals surface area (Å²) < 4.78 is 19.5. The van der Waals surface area contributed by atoms with Crippen LogP contribution in [0.4, 0.5) is 0 Å². The second kappa shape index (κ2) is 8.87. The predicted octanol–water partition coefficient (Wildman–Crippen LogP) is 1.73. The third-order valence-corrected chi connectivity index (χ3v) is 7.69. The molecule has 0 aromatic rings. The summed E-state index contributed by atoms with van der Waals surface area (Å²) in [6, 6.07) is 0. The molecular formula is C9H17O6PS2. The summed E-state index contributed by atoms with van der Waals surface area (Å²) in [5, 5.41) is -0.792. The molecule has 0 heterocycles. The number of hydrogen-bond acceptors (Lipinski definition) is 8. The van der Waals surface area contributed by atoms with E-state index in [1.807, 2.05) is 0 Å². The Hall–Kier alpha value is -0.140. The van der Waals surface area contributed by atoms with Gasteiger partial charge in [0.05, 0.1) is 20.1 Å². The third-order valence-electron chi connectivity index (χ3n) is 1.83. The van der Waals surface area contributed by atoms with Gasteiger partial charge in [-0.05, 0) is 18.7 Å². The number of hydrogen-bond donors (Lipinski definition) is 0. The van der Waals surface area contributed by atoms with Crippen LogP contribution in [0.15, 0.2) is 0 Å². The topological polar surface area (TPSA) is 71.1 Å². The number of ether oxygens (including phenoxy) is 2. The van der Waals surface area contributed by atoms with Crippen molar-refractivity contribution in [2.24, 2.45) is 0 Å². The van der Waals surface area contributed by atoms with Crippen molar-refractivity contribution in [1.29, 1.82) is 0 Å². The molecule has 1 atom stereocenters. The van der Waals surface area contributed by atoms with Crippen LogP contribution in [0.3, 0.4) is 0 Å². The van der Waals surface area contributed by atoms with Crippen LogP contribution in [0, 0.1) is 0 Å². The lowest BCUT2D eigenvalue weighted by Gasteiger charge is -2.21. The SMILES string of the molecule is CCOC(=O)CC(SP(=S)(OC)OC)C(=O)OC. The van der Waals surface area contributed by atoms with E-state index in [1.165, 1.54) is 21.3 Å². The van der Waals surface area contributed by atoms with Gasteiger partial charge in [0.15, 0.2) is 0 Å². The van der Waals surface area contributed by atoms with Gasteiger partial charge < -0.3 is 18.5 Å². The fraction of sp³-hybridized carbons (Fsp3) is 0.778. The van der Waals surface area contributed by atoms with Gasteiger partial charge in [-0.3, -0.25) is 9.59 Å². The second-order valence-electron chi connectivity index (χ2n) is 2.94. The molecule has 9 heteroatoms. The molecule has 0 saturated heterocycles. The maximum Gasteiger partial charge on any atom is 0.319 e. The monoisotopic (exact) mass is 316 g/mol. The van der Waals surface area contributed by atoms with Crippen LogP contribution in [0.5, 0.6) is 0 Å². The Bertz CT molecular complexity index is 327. The van der Waals surface area contributed by atoms with Gasteiger partial charge in [0.25, 0.3) is 0 Å². The number of rotatable bonds is 8. The van der Waals surface area contributed by atoms with Gasteiger partial charge in [-0.1, -0.05) is 11.4 Å². The van der Waals surface area contributed by atoms with Gasteiger partial charge in [0, 0.05) is 14.2 Å². The van der Waals surface area contributed by atoms with Gasteiger partial charge in [-0.25, -0.2) is 0 Å². The molecule has 106 valence electrons. The minimum Gasteiger partial charge on any atom is -0.468 e. The first-order valence-corrected chi connectivity index (χ1v) is 9.18. The van der Waals surface area contributed by atoms with Crippen LogP contribution in [0.1, 0.15) is 13.3 Å². The fourth-order valence-corrected chi connectivity index (χ4v) is 4.88. The van der Waals surface area contributed by atoms with E-state index < -0.39 is 22.9 Å². The zero-order chi connectivity index (χ0) is 14.2. The summed E-state index contributed by atoms with van der Waals surface area (Å²) in [6.07, 6.45) is -0.129. The summed E-state index contributed by atoms with van der Waals surface area (Å²) in [5.41, 5.74) is -2.64. The Morgan fingerprint density at radius 1 is 1.28 bits per heavy atom. The molecule has 0 rings (SSSR count). The highest BCUT2D eigenvalue weighted by Crippen LogP contribution is 2.62. The van der Waals surface area contributed by atoms with Gasteiger partial charge >= 0.3 is 11.9 Å². The molecule has 0 aliphatic carbocycles. The van der Waals surface area contributed by atoms with E-state index in [1.54, 1.807) is 6.92 Å². The van der Waals surface area contributed by atoms with E-state index in [9.17, 15) is 9.59 Å². The normalized spacial score (nSPS) is 12.9. The summed E-state index contributed by atoms with van der Waals surface area (Å²) >= 11 is 6.12. The first-order valence-electron chi connectivity index (χ1n) is 5.05. The van der Waals surface area contributed by atoms with Crippen molar-refractivity contribution < 1.29 is 28.1 Å². The minimum atomic E-state index is -2.64. The Morgan fingerprint density at radius 3 is 2.22 bits per heavy atom. The number of methoxy groups -OCH3 is 1. The molecule has 0 aliphatic rings. The average Bonchev–Trinajstić information content (AvgIpc) is 2.37. The molecule has 0 aromatic heterocycles. The van der Waals surface area contributed by atoms with Crippen molar-refractivity contribution in [2.45, 2.75) is 18.6 Å². The highest BCUT2D eigenvalue weighted by atomic mass is 32.9. The first-order chi connectivity index (χ1) is 8.42. The molecule has 0 N–H and O–H groups in total. The van der Waals surface area contributed by atoms with E-state index >= 15 is 0 Å². The molecule has 0 aromatic carbocycles. The van der Waals surface area contributed by atoms with Gasteiger partial charge in [-0.2, -0.15) is 0 Å². The van der Waals surface area contributed by atoms with Crippen molar-refractivity contribution in [1.82, 2.24) is 0 Å². The third kappa shape index (κ3) is 6.15. The molecule has 0 aliphatic heterocycles. The lowest BCUT2D eigenvalue weighted by atomic mass is 10.3. The van der Waals surface area contributed by atoms with Crippen molar-refractivity contribution in [2.75, 3.05) is 27.9 Å². The molecule has 0 bridgehead atoms. The van der Waals surface area contributed by atoms with E-state index in [2.05, 4.69) is 4.74 Å². The first kappa shape index (κ1) is 17.9. The molecule has 0 radical (unpaired) electrons. The van der Waals surface area contributed by atoms with Crippen LogP contribution in [0.2, 0.25) is 0 Å². The van der Waals surface area contributed by atoms with Crippen LogP contribution < -0.4 is 0 Å². The zero-order valence-electron chi connectivity index (χ0n) is 10.7. The van der Waals surface area contributed by atoms with Crippen molar-refractivity contribution >= 4 is 40.8 Å². The van der Waals surface area contributed by atoms with E-state index in [0.29, 0.717) is 0 Å². The van der Waals surface area contributed by atoms with Crippen molar-refractivity contribution in [3.63, 3.8) is 0 Å². The standard InChI is InChI=1S/C9H17O6PS2/c1-5-15-8(10)6-7(9(11)12-2)18-16(17,13-3)14-4/h7H,5-6H2,1-4H3.